The van der Waals surface area contributed by atoms with Gasteiger partial charge in [-0.25, -0.2) is 9.37 Å². The Morgan fingerprint density at radius 3 is 2.91 bits per heavy atom. The molecule has 0 N–H and O–H groups in total. The first-order chi connectivity index (χ1) is 11.1. The molecule has 3 aromatic rings. The molecule has 1 aromatic carbocycles. The number of hydrogen-bond acceptors (Lipinski definition) is 5. The minimum atomic E-state index is -0.422. The standard InChI is InChI=1S/C16H11BrFNO2S2/c17-12-2-1-10(14(18)5-12)7-21-15(20)6-13-9-23-16(19-13)11-3-4-22-8-11/h1-5,8-9H,6-7H2. The first-order valence-corrected chi connectivity index (χ1v) is 9.30. The van der Waals surface area contributed by atoms with Gasteiger partial charge in [-0.1, -0.05) is 22.0 Å². The van der Waals surface area contributed by atoms with Crippen molar-refractivity contribution in [2.75, 3.05) is 0 Å². The zero-order valence-corrected chi connectivity index (χ0v) is 15.0. The van der Waals surface area contributed by atoms with Gasteiger partial charge >= 0.3 is 5.97 Å². The number of halogens is 2. The lowest BCUT2D eigenvalue weighted by Crippen LogP contribution is -2.09. The van der Waals surface area contributed by atoms with E-state index in [0.29, 0.717) is 15.7 Å². The van der Waals surface area contributed by atoms with Gasteiger partial charge in [0.25, 0.3) is 0 Å². The third-order valence-corrected chi connectivity index (χ3v) is 5.17. The largest absolute Gasteiger partial charge is 0.460 e. The van der Waals surface area contributed by atoms with E-state index in [0.717, 1.165) is 10.6 Å². The molecule has 0 atom stereocenters. The zero-order chi connectivity index (χ0) is 16.2. The second-order valence-electron chi connectivity index (χ2n) is 4.73. The van der Waals surface area contributed by atoms with E-state index < -0.39 is 11.8 Å². The molecule has 2 aromatic heterocycles. The van der Waals surface area contributed by atoms with Crippen molar-refractivity contribution in [3.05, 3.63) is 62.0 Å². The fourth-order valence-corrected chi connectivity index (χ4v) is 3.77. The lowest BCUT2D eigenvalue weighted by Gasteiger charge is -2.05. The van der Waals surface area contributed by atoms with Crippen LogP contribution in [0.4, 0.5) is 4.39 Å². The SMILES string of the molecule is O=C(Cc1csc(-c2ccsc2)n1)OCc1ccc(Br)cc1F. The number of ether oxygens (including phenoxy) is 1. The van der Waals surface area contributed by atoms with Crippen LogP contribution < -0.4 is 0 Å². The molecule has 0 saturated heterocycles. The number of benzene rings is 1. The van der Waals surface area contributed by atoms with Gasteiger partial charge < -0.3 is 4.74 Å². The maximum atomic E-state index is 13.7. The van der Waals surface area contributed by atoms with Crippen LogP contribution in [0.15, 0.2) is 44.9 Å². The number of carbonyl (C=O) groups excluding carboxylic acids is 1. The van der Waals surface area contributed by atoms with Gasteiger partial charge in [0, 0.05) is 26.4 Å². The Hall–Kier alpha value is -1.57. The molecule has 2 heterocycles. The summed E-state index contributed by atoms with van der Waals surface area (Å²) >= 11 is 6.28. The zero-order valence-electron chi connectivity index (χ0n) is 11.8. The summed E-state index contributed by atoms with van der Waals surface area (Å²) in [6, 6.07) is 6.63. The van der Waals surface area contributed by atoms with Gasteiger partial charge in [-0.3, -0.25) is 4.79 Å². The van der Waals surface area contributed by atoms with Crippen molar-refractivity contribution >= 4 is 44.6 Å². The lowest BCUT2D eigenvalue weighted by atomic mass is 10.2. The third-order valence-electron chi connectivity index (χ3n) is 3.05. The Morgan fingerprint density at radius 2 is 2.17 bits per heavy atom. The molecule has 0 radical (unpaired) electrons. The molecule has 23 heavy (non-hydrogen) atoms. The van der Waals surface area contributed by atoms with E-state index in [9.17, 15) is 9.18 Å². The Balaban J connectivity index is 1.57. The number of esters is 1. The van der Waals surface area contributed by atoms with Crippen LogP contribution in [0.1, 0.15) is 11.3 Å². The molecule has 0 spiro atoms. The van der Waals surface area contributed by atoms with Crippen LogP contribution >= 0.6 is 38.6 Å². The Morgan fingerprint density at radius 1 is 1.30 bits per heavy atom. The minimum Gasteiger partial charge on any atom is -0.460 e. The highest BCUT2D eigenvalue weighted by Crippen LogP contribution is 2.26. The van der Waals surface area contributed by atoms with Crippen molar-refractivity contribution in [1.29, 1.82) is 0 Å². The van der Waals surface area contributed by atoms with E-state index in [1.807, 2.05) is 22.2 Å². The van der Waals surface area contributed by atoms with Crippen LogP contribution in [0.5, 0.6) is 0 Å². The number of nitrogens with zero attached hydrogens (tertiary/aromatic N) is 1. The Bertz CT molecular complexity index is 817. The van der Waals surface area contributed by atoms with Gasteiger partial charge in [0.2, 0.25) is 0 Å². The topological polar surface area (TPSA) is 39.2 Å². The molecule has 0 bridgehead atoms. The quantitative estimate of drug-likeness (QED) is 0.550. The predicted octanol–water partition coefficient (Wildman–Crippen LogP) is 5.06. The van der Waals surface area contributed by atoms with E-state index in [2.05, 4.69) is 20.9 Å². The number of hydrogen-bond donors (Lipinski definition) is 0. The molecule has 0 unspecified atom stereocenters. The maximum Gasteiger partial charge on any atom is 0.312 e. The van der Waals surface area contributed by atoms with Crippen LogP contribution in [0.2, 0.25) is 0 Å². The van der Waals surface area contributed by atoms with E-state index >= 15 is 0 Å². The summed E-state index contributed by atoms with van der Waals surface area (Å²) in [5.74, 6) is -0.824. The molecule has 118 valence electrons. The second kappa shape index (κ2) is 7.33. The predicted molar refractivity (Wildman–Crippen MR) is 93.0 cm³/mol. The first kappa shape index (κ1) is 16.3. The minimum absolute atomic E-state index is 0.0821. The smallest absolute Gasteiger partial charge is 0.312 e. The summed E-state index contributed by atoms with van der Waals surface area (Å²) in [5.41, 5.74) is 2.06. The van der Waals surface area contributed by atoms with Gasteiger partial charge in [0.15, 0.2) is 0 Å². The number of aromatic nitrogens is 1. The van der Waals surface area contributed by atoms with Gasteiger partial charge in [0.05, 0.1) is 12.1 Å². The van der Waals surface area contributed by atoms with Gasteiger partial charge in [-0.05, 0) is 23.6 Å². The van der Waals surface area contributed by atoms with Gasteiger partial charge in [-0.2, -0.15) is 11.3 Å². The van der Waals surface area contributed by atoms with Crippen molar-refractivity contribution in [3.8, 4) is 10.6 Å². The fraction of sp³-hybridized carbons (Fsp3) is 0.125. The van der Waals surface area contributed by atoms with Crippen LogP contribution in [-0.4, -0.2) is 11.0 Å². The number of carbonyl (C=O) groups is 1. The normalized spacial score (nSPS) is 10.7. The second-order valence-corrected chi connectivity index (χ2v) is 7.28. The Labute approximate surface area is 148 Å². The Kier molecular flexibility index (Phi) is 5.20. The molecule has 0 aliphatic heterocycles. The molecule has 3 nitrogen and oxygen atoms in total. The number of thiophene rings is 1. The summed E-state index contributed by atoms with van der Waals surface area (Å²) in [4.78, 5) is 16.3. The maximum absolute atomic E-state index is 13.7. The summed E-state index contributed by atoms with van der Waals surface area (Å²) in [7, 11) is 0. The molecular weight excluding hydrogens is 401 g/mol. The number of thiazole rings is 1. The van der Waals surface area contributed by atoms with E-state index in [4.69, 9.17) is 4.74 Å². The summed E-state index contributed by atoms with van der Waals surface area (Å²) in [6.07, 6.45) is 0.0821. The van der Waals surface area contributed by atoms with E-state index in [-0.39, 0.29) is 13.0 Å². The van der Waals surface area contributed by atoms with Crippen molar-refractivity contribution in [3.63, 3.8) is 0 Å². The highest BCUT2D eigenvalue weighted by Gasteiger charge is 2.12. The third kappa shape index (κ3) is 4.25. The van der Waals surface area contributed by atoms with Crippen LogP contribution in [0.25, 0.3) is 10.6 Å². The molecule has 0 aliphatic rings. The molecule has 3 rings (SSSR count). The highest BCUT2D eigenvalue weighted by atomic mass is 79.9. The first-order valence-electron chi connectivity index (χ1n) is 6.68. The molecule has 7 heteroatoms. The molecule has 0 saturated carbocycles. The highest BCUT2D eigenvalue weighted by molar-refractivity contribution is 9.10. The average molecular weight is 412 g/mol. The summed E-state index contributed by atoms with van der Waals surface area (Å²) in [6.45, 7) is -0.0839. The van der Waals surface area contributed by atoms with Crippen LogP contribution in [-0.2, 0) is 22.6 Å². The van der Waals surface area contributed by atoms with Crippen molar-refractivity contribution in [1.82, 2.24) is 4.98 Å². The summed E-state index contributed by atoms with van der Waals surface area (Å²) < 4.78 is 19.4. The molecule has 0 fully saturated rings. The molecule has 0 aliphatic carbocycles. The fourth-order valence-electron chi connectivity index (χ4n) is 1.90. The van der Waals surface area contributed by atoms with E-state index in [1.165, 1.54) is 17.4 Å². The lowest BCUT2D eigenvalue weighted by molar-refractivity contribution is -0.144. The molecule has 0 amide bonds. The van der Waals surface area contributed by atoms with Crippen molar-refractivity contribution in [2.24, 2.45) is 0 Å². The monoisotopic (exact) mass is 411 g/mol. The van der Waals surface area contributed by atoms with E-state index in [1.54, 1.807) is 23.5 Å². The van der Waals surface area contributed by atoms with Gasteiger partial charge in [-0.15, -0.1) is 11.3 Å². The van der Waals surface area contributed by atoms with Crippen LogP contribution in [0.3, 0.4) is 0 Å². The summed E-state index contributed by atoms with van der Waals surface area (Å²) in [5, 5.41) is 6.72. The average Bonchev–Trinajstić information content (AvgIpc) is 3.17. The van der Waals surface area contributed by atoms with Crippen molar-refractivity contribution < 1.29 is 13.9 Å². The van der Waals surface area contributed by atoms with Gasteiger partial charge in [0.1, 0.15) is 17.4 Å². The van der Waals surface area contributed by atoms with Crippen molar-refractivity contribution in [2.45, 2.75) is 13.0 Å². The molecular formula is C16H11BrFNO2S2. The van der Waals surface area contributed by atoms with Crippen LogP contribution in [0, 0.1) is 5.82 Å². The number of rotatable bonds is 5.